The maximum absolute atomic E-state index is 13.2. The van der Waals surface area contributed by atoms with E-state index in [1.54, 1.807) is 24.3 Å². The molecule has 4 rings (SSSR count). The van der Waals surface area contributed by atoms with Crippen molar-refractivity contribution in [1.29, 1.82) is 0 Å². The van der Waals surface area contributed by atoms with E-state index < -0.39 is 0 Å². The van der Waals surface area contributed by atoms with Gasteiger partial charge >= 0.3 is 0 Å². The molecule has 6 nitrogen and oxygen atoms in total. The Kier molecular flexibility index (Phi) is 8.29. The number of nitrogens with zero attached hydrogens (tertiary/aromatic N) is 3. The molecule has 0 N–H and O–H groups in total. The molecule has 0 aromatic heterocycles. The van der Waals surface area contributed by atoms with Crippen LogP contribution in [-0.4, -0.2) is 79.4 Å². The highest BCUT2D eigenvalue weighted by Crippen LogP contribution is 2.37. The lowest BCUT2D eigenvalue weighted by Gasteiger charge is -2.43. The van der Waals surface area contributed by atoms with Crippen LogP contribution in [0.25, 0.3) is 0 Å². The molecule has 2 aromatic carbocycles. The number of rotatable bonds is 7. The van der Waals surface area contributed by atoms with Crippen molar-refractivity contribution in [3.63, 3.8) is 0 Å². The lowest BCUT2D eigenvalue weighted by Crippen LogP contribution is -2.51. The number of carbonyl (C=O) groups excluding carboxylic acids is 2. The predicted octanol–water partition coefficient (Wildman–Crippen LogP) is 3.87. The highest BCUT2D eigenvalue weighted by molar-refractivity contribution is 6.30. The zero-order chi connectivity index (χ0) is 24.8. The van der Waals surface area contributed by atoms with Crippen LogP contribution in [0, 0.1) is 11.2 Å². The number of likely N-dealkylation sites (tertiary alicyclic amines) is 1. The molecule has 0 aliphatic carbocycles. The van der Waals surface area contributed by atoms with Crippen LogP contribution in [0.3, 0.4) is 0 Å². The Hall–Kier alpha value is -2.64. The number of benzene rings is 2. The molecule has 2 heterocycles. The minimum Gasteiger partial charge on any atom is -0.493 e. The van der Waals surface area contributed by atoms with Gasteiger partial charge in [-0.15, -0.1) is 0 Å². The van der Waals surface area contributed by atoms with Crippen molar-refractivity contribution in [1.82, 2.24) is 14.7 Å². The second kappa shape index (κ2) is 11.4. The largest absolute Gasteiger partial charge is 0.493 e. The molecule has 35 heavy (non-hydrogen) atoms. The zero-order valence-corrected chi connectivity index (χ0v) is 21.0. The minimum atomic E-state index is -0.352. The highest BCUT2D eigenvalue weighted by Gasteiger charge is 2.40. The summed E-state index contributed by atoms with van der Waals surface area (Å²) in [6.45, 7) is 4.76. The van der Waals surface area contributed by atoms with Crippen LogP contribution in [0.4, 0.5) is 4.39 Å². The minimum absolute atomic E-state index is 0.0198. The molecule has 2 fully saturated rings. The first-order chi connectivity index (χ1) is 16.8. The number of piperidine rings is 1. The van der Waals surface area contributed by atoms with Crippen LogP contribution < -0.4 is 4.74 Å². The fraction of sp³-hybridized carbons (Fsp3) is 0.481. The van der Waals surface area contributed by atoms with Crippen LogP contribution in [0.15, 0.2) is 48.5 Å². The Morgan fingerprint density at radius 3 is 2.26 bits per heavy atom. The Balaban J connectivity index is 1.41. The van der Waals surface area contributed by atoms with E-state index in [1.165, 1.54) is 12.1 Å². The van der Waals surface area contributed by atoms with Crippen LogP contribution in [0.5, 0.6) is 5.75 Å². The second-order valence-electron chi connectivity index (χ2n) is 9.79. The lowest BCUT2D eigenvalue weighted by atomic mass is 9.75. The summed E-state index contributed by atoms with van der Waals surface area (Å²) in [6, 6.07) is 13.3. The van der Waals surface area contributed by atoms with Crippen molar-refractivity contribution in [2.24, 2.45) is 5.41 Å². The van der Waals surface area contributed by atoms with E-state index in [9.17, 15) is 14.0 Å². The average Bonchev–Trinajstić information content (AvgIpc) is 2.85. The first-order valence-electron chi connectivity index (χ1n) is 12.2. The first kappa shape index (κ1) is 25.5. The van der Waals surface area contributed by atoms with E-state index in [0.717, 1.165) is 31.7 Å². The summed E-state index contributed by atoms with van der Waals surface area (Å²) in [4.78, 5) is 32.2. The van der Waals surface area contributed by atoms with Crippen LogP contribution in [0.2, 0.25) is 5.02 Å². The van der Waals surface area contributed by atoms with Gasteiger partial charge in [0.05, 0.1) is 13.0 Å². The monoisotopic (exact) mass is 501 g/mol. The van der Waals surface area contributed by atoms with E-state index in [0.29, 0.717) is 49.7 Å². The van der Waals surface area contributed by atoms with Crippen molar-refractivity contribution >= 4 is 23.4 Å². The molecule has 0 unspecified atom stereocenters. The molecule has 0 saturated carbocycles. The maximum atomic E-state index is 13.2. The predicted molar refractivity (Wildman–Crippen MR) is 134 cm³/mol. The van der Waals surface area contributed by atoms with E-state index in [4.69, 9.17) is 16.3 Å². The molecule has 2 aliphatic heterocycles. The fourth-order valence-electron chi connectivity index (χ4n) is 4.77. The number of amides is 2. The highest BCUT2D eigenvalue weighted by atomic mass is 35.5. The first-order valence-corrected chi connectivity index (χ1v) is 12.6. The SMILES string of the molecule is CN1CCN(C(=O)CC2(COc3cccc(Cl)c3)CCN(C(=O)Cc3ccc(F)cc3)CC2)CC1. The number of piperazine rings is 1. The van der Waals surface area contributed by atoms with Gasteiger partial charge in [-0.3, -0.25) is 9.59 Å². The van der Waals surface area contributed by atoms with Crippen LogP contribution in [-0.2, 0) is 16.0 Å². The van der Waals surface area contributed by atoms with Gasteiger partial charge < -0.3 is 19.4 Å². The summed E-state index contributed by atoms with van der Waals surface area (Å²) in [5.41, 5.74) is 0.442. The van der Waals surface area contributed by atoms with Gasteiger partial charge in [0.1, 0.15) is 11.6 Å². The quantitative estimate of drug-likeness (QED) is 0.578. The third-order valence-corrected chi connectivity index (χ3v) is 7.40. The molecule has 188 valence electrons. The van der Waals surface area contributed by atoms with Gasteiger partial charge in [-0.25, -0.2) is 4.39 Å². The topological polar surface area (TPSA) is 53.1 Å². The number of carbonyl (C=O) groups is 2. The van der Waals surface area contributed by atoms with E-state index in [1.807, 2.05) is 21.9 Å². The van der Waals surface area contributed by atoms with Crippen LogP contribution >= 0.6 is 11.6 Å². The normalized spacial score (nSPS) is 18.4. The number of hydrogen-bond acceptors (Lipinski definition) is 4. The molecule has 0 atom stereocenters. The van der Waals surface area contributed by atoms with Crippen molar-refractivity contribution in [2.45, 2.75) is 25.7 Å². The van der Waals surface area contributed by atoms with Gasteiger partial charge in [0.15, 0.2) is 0 Å². The number of likely N-dealkylation sites (N-methyl/N-ethyl adjacent to an activating group) is 1. The average molecular weight is 502 g/mol. The van der Waals surface area contributed by atoms with Gasteiger partial charge in [-0.05, 0) is 55.8 Å². The third-order valence-electron chi connectivity index (χ3n) is 7.17. The third kappa shape index (κ3) is 6.95. The molecule has 0 bridgehead atoms. The van der Waals surface area contributed by atoms with Crippen molar-refractivity contribution in [2.75, 3.05) is 52.9 Å². The van der Waals surface area contributed by atoms with Gasteiger partial charge in [-0.1, -0.05) is 29.8 Å². The Bertz CT molecular complexity index is 1020. The molecule has 2 aliphatic rings. The van der Waals surface area contributed by atoms with Crippen molar-refractivity contribution in [3.8, 4) is 5.75 Å². The van der Waals surface area contributed by atoms with Gasteiger partial charge in [0, 0.05) is 56.1 Å². The molecule has 2 amide bonds. The fourth-order valence-corrected chi connectivity index (χ4v) is 4.95. The smallest absolute Gasteiger partial charge is 0.226 e. The van der Waals surface area contributed by atoms with E-state index >= 15 is 0 Å². The number of hydrogen-bond donors (Lipinski definition) is 0. The number of halogens is 2. The van der Waals surface area contributed by atoms with Gasteiger partial charge in [0.25, 0.3) is 0 Å². The Morgan fingerprint density at radius 1 is 0.943 bits per heavy atom. The molecular formula is C27H33ClFN3O3. The molecule has 2 saturated heterocycles. The van der Waals surface area contributed by atoms with Gasteiger partial charge in [-0.2, -0.15) is 0 Å². The summed E-state index contributed by atoms with van der Waals surface area (Å²) >= 11 is 6.12. The zero-order valence-electron chi connectivity index (χ0n) is 20.2. The molecule has 0 radical (unpaired) electrons. The van der Waals surface area contributed by atoms with Crippen molar-refractivity contribution in [3.05, 3.63) is 64.9 Å². The molecule has 2 aromatic rings. The summed E-state index contributed by atoms with van der Waals surface area (Å²) in [5, 5.41) is 0.603. The van der Waals surface area contributed by atoms with Crippen LogP contribution in [0.1, 0.15) is 24.8 Å². The van der Waals surface area contributed by atoms with E-state index in [-0.39, 0.29) is 29.5 Å². The summed E-state index contributed by atoms with van der Waals surface area (Å²) in [5.74, 6) is 0.539. The van der Waals surface area contributed by atoms with E-state index in [2.05, 4.69) is 11.9 Å². The van der Waals surface area contributed by atoms with Crippen molar-refractivity contribution < 1.29 is 18.7 Å². The standard InChI is InChI=1S/C27H33ClFN3O3/c1-30-13-15-32(16-14-30)26(34)19-27(20-35-24-4-2-3-22(28)18-24)9-11-31(12-10-27)25(33)17-21-5-7-23(29)8-6-21/h2-8,18H,9-17,19-20H2,1H3. The maximum Gasteiger partial charge on any atom is 0.226 e. The molecule has 0 spiro atoms. The lowest BCUT2D eigenvalue weighted by molar-refractivity contribution is -0.138. The Morgan fingerprint density at radius 2 is 1.60 bits per heavy atom. The molecule has 8 heteroatoms. The summed E-state index contributed by atoms with van der Waals surface area (Å²) in [7, 11) is 2.07. The second-order valence-corrected chi connectivity index (χ2v) is 10.2. The summed E-state index contributed by atoms with van der Waals surface area (Å²) in [6.07, 6.45) is 2.01. The molecular weight excluding hydrogens is 469 g/mol. The summed E-state index contributed by atoms with van der Waals surface area (Å²) < 4.78 is 19.3. The Labute approximate surface area is 211 Å². The van der Waals surface area contributed by atoms with Gasteiger partial charge in [0.2, 0.25) is 11.8 Å². The number of ether oxygens (including phenoxy) is 1.